The highest BCUT2D eigenvalue weighted by atomic mass is 28.2. The molecule has 0 amide bonds. The van der Waals surface area contributed by atoms with Crippen LogP contribution in [0.1, 0.15) is 19.4 Å². The zero-order valence-corrected chi connectivity index (χ0v) is 12.1. The predicted molar refractivity (Wildman–Crippen MR) is 68.7 cm³/mol. The molecule has 0 saturated carbocycles. The average Bonchev–Trinajstić information content (AvgIpc) is 2.37. The second-order valence-electron chi connectivity index (χ2n) is 3.70. The van der Waals surface area contributed by atoms with Crippen molar-refractivity contribution in [2.45, 2.75) is 32.8 Å². The summed E-state index contributed by atoms with van der Waals surface area (Å²) >= 11 is 0. The highest BCUT2D eigenvalue weighted by molar-refractivity contribution is 6.27. The third-order valence-corrected chi connectivity index (χ3v) is 3.11. The first-order valence-corrected chi connectivity index (χ1v) is 7.34. The predicted octanol–water partition coefficient (Wildman–Crippen LogP) is 2.92. The Morgan fingerprint density at radius 1 is 1.16 bits per heavy atom. The first-order valence-electron chi connectivity index (χ1n) is 6.23. The molecule has 0 spiro atoms. The number of hydrogen-bond donors (Lipinski definition) is 0. The molecule has 1 rings (SSSR count). The van der Waals surface area contributed by atoms with E-state index >= 15 is 0 Å². The van der Waals surface area contributed by atoms with Crippen LogP contribution in [0, 0.1) is 11.6 Å². The van der Waals surface area contributed by atoms with E-state index in [0.29, 0.717) is 31.2 Å². The molecule has 0 aliphatic rings. The van der Waals surface area contributed by atoms with Crippen LogP contribution in [0.15, 0.2) is 18.2 Å². The molecule has 0 fully saturated rings. The fourth-order valence-corrected chi connectivity index (χ4v) is 2.19. The third kappa shape index (κ3) is 6.24. The molecule has 106 valence electrons. The van der Waals surface area contributed by atoms with E-state index in [1.54, 1.807) is 0 Å². The van der Waals surface area contributed by atoms with Gasteiger partial charge in [-0.15, -0.1) is 0 Å². The normalized spacial score (nSPS) is 11.2. The minimum absolute atomic E-state index is 0.141. The van der Waals surface area contributed by atoms with E-state index in [0.717, 1.165) is 6.07 Å². The van der Waals surface area contributed by atoms with Crippen molar-refractivity contribution in [3.63, 3.8) is 0 Å². The Balaban J connectivity index is 2.29. The van der Waals surface area contributed by atoms with E-state index in [1.165, 1.54) is 12.1 Å². The van der Waals surface area contributed by atoms with Gasteiger partial charge in [0.2, 0.25) is 9.76 Å². The van der Waals surface area contributed by atoms with Crippen LogP contribution in [0.3, 0.4) is 0 Å². The molecular weight excluding hydrogens is 270 g/mol. The number of rotatable bonds is 9. The Labute approximate surface area is 114 Å². The lowest BCUT2D eigenvalue weighted by Crippen LogP contribution is -2.23. The van der Waals surface area contributed by atoms with Gasteiger partial charge in [-0.2, -0.15) is 0 Å². The number of hydrogen-bond acceptors (Lipinski definition) is 3. The molecule has 0 N–H and O–H groups in total. The van der Waals surface area contributed by atoms with Gasteiger partial charge in [-0.25, -0.2) is 8.78 Å². The number of benzene rings is 1. The number of aryl methyl sites for hydroxylation is 1. The second-order valence-corrected chi connectivity index (χ2v) is 4.72. The first-order chi connectivity index (χ1) is 9.17. The SMILES string of the molecule is CCOC(OCC)O[Si]CCc1ccc(F)cc1F. The Kier molecular flexibility index (Phi) is 7.81. The third-order valence-electron chi connectivity index (χ3n) is 2.30. The fraction of sp³-hybridized carbons (Fsp3) is 0.538. The Morgan fingerprint density at radius 2 is 1.84 bits per heavy atom. The van der Waals surface area contributed by atoms with Crippen molar-refractivity contribution in [3.05, 3.63) is 35.4 Å². The molecule has 3 nitrogen and oxygen atoms in total. The van der Waals surface area contributed by atoms with Gasteiger partial charge in [-0.3, -0.25) is 0 Å². The van der Waals surface area contributed by atoms with Crippen LogP contribution in [0.4, 0.5) is 8.78 Å². The molecule has 19 heavy (non-hydrogen) atoms. The van der Waals surface area contributed by atoms with Crippen molar-refractivity contribution in [1.82, 2.24) is 0 Å². The Morgan fingerprint density at radius 3 is 2.42 bits per heavy atom. The topological polar surface area (TPSA) is 27.7 Å². The minimum Gasteiger partial charge on any atom is -0.372 e. The monoisotopic (exact) mass is 288 g/mol. The van der Waals surface area contributed by atoms with Crippen molar-refractivity contribution in [2.75, 3.05) is 13.2 Å². The van der Waals surface area contributed by atoms with Crippen LogP contribution >= 0.6 is 0 Å². The molecule has 0 saturated heterocycles. The van der Waals surface area contributed by atoms with Crippen molar-refractivity contribution in [3.8, 4) is 0 Å². The van der Waals surface area contributed by atoms with E-state index in [4.69, 9.17) is 13.9 Å². The average molecular weight is 288 g/mol. The number of ether oxygens (including phenoxy) is 2. The summed E-state index contributed by atoms with van der Waals surface area (Å²) in [5.74, 6) is -1.08. The van der Waals surface area contributed by atoms with E-state index in [2.05, 4.69) is 0 Å². The maximum absolute atomic E-state index is 13.4. The van der Waals surface area contributed by atoms with Gasteiger partial charge in [0.25, 0.3) is 6.48 Å². The summed E-state index contributed by atoms with van der Waals surface area (Å²) in [6.45, 7) is 4.05. The molecule has 1 aromatic carbocycles. The van der Waals surface area contributed by atoms with Gasteiger partial charge >= 0.3 is 0 Å². The summed E-state index contributed by atoms with van der Waals surface area (Å²) in [5.41, 5.74) is 0.488. The number of halogens is 2. The van der Waals surface area contributed by atoms with Crippen LogP contribution < -0.4 is 0 Å². The molecular formula is C13H18F2O3Si. The highest BCUT2D eigenvalue weighted by Crippen LogP contribution is 2.12. The second kappa shape index (κ2) is 9.14. The summed E-state index contributed by atoms with van der Waals surface area (Å²) < 4.78 is 41.9. The molecule has 1 aromatic rings. The maximum atomic E-state index is 13.4. The fourth-order valence-electron chi connectivity index (χ4n) is 1.43. The maximum Gasteiger partial charge on any atom is 0.261 e. The molecule has 2 radical (unpaired) electrons. The van der Waals surface area contributed by atoms with Gasteiger partial charge in [-0.05, 0) is 37.9 Å². The first kappa shape index (κ1) is 16.2. The van der Waals surface area contributed by atoms with Gasteiger partial charge in [0.05, 0.1) is 0 Å². The smallest absolute Gasteiger partial charge is 0.261 e. The summed E-state index contributed by atoms with van der Waals surface area (Å²) in [6, 6.07) is 4.24. The molecule has 0 heterocycles. The zero-order valence-electron chi connectivity index (χ0n) is 11.1. The van der Waals surface area contributed by atoms with Crippen molar-refractivity contribution < 1.29 is 22.7 Å². The summed E-state index contributed by atoms with van der Waals surface area (Å²) in [7, 11) is 0.141. The molecule has 6 heteroatoms. The molecule has 0 aromatic heterocycles. The van der Waals surface area contributed by atoms with Crippen LogP contribution in [0.25, 0.3) is 0 Å². The van der Waals surface area contributed by atoms with Crippen LogP contribution in [0.2, 0.25) is 6.04 Å². The largest absolute Gasteiger partial charge is 0.372 e. The lowest BCUT2D eigenvalue weighted by atomic mass is 10.1. The molecule has 0 unspecified atom stereocenters. The van der Waals surface area contributed by atoms with Gasteiger partial charge in [0, 0.05) is 19.3 Å². The summed E-state index contributed by atoms with van der Waals surface area (Å²) in [6.07, 6.45) is 0.496. The zero-order chi connectivity index (χ0) is 14.1. The standard InChI is InChI=1S/C13H18F2O3Si/c1-3-16-13(17-4-2)18-19-8-7-10-5-6-11(14)9-12(10)15/h5-6,9,13H,3-4,7-8H2,1-2H3. The molecule has 0 atom stereocenters. The van der Waals surface area contributed by atoms with E-state index in [1.807, 2.05) is 13.8 Å². The van der Waals surface area contributed by atoms with Gasteiger partial charge < -0.3 is 13.9 Å². The van der Waals surface area contributed by atoms with Crippen LogP contribution in [-0.2, 0) is 20.3 Å². The van der Waals surface area contributed by atoms with Gasteiger partial charge in [0.1, 0.15) is 11.6 Å². The Bertz CT molecular complexity index is 371. The van der Waals surface area contributed by atoms with Crippen molar-refractivity contribution in [2.24, 2.45) is 0 Å². The van der Waals surface area contributed by atoms with E-state index < -0.39 is 18.1 Å². The van der Waals surface area contributed by atoms with Crippen LogP contribution in [-0.4, -0.2) is 29.5 Å². The lowest BCUT2D eigenvalue weighted by molar-refractivity contribution is -0.243. The quantitative estimate of drug-likeness (QED) is 0.397. The Hall–Kier alpha value is -0.823. The summed E-state index contributed by atoms with van der Waals surface area (Å²) in [5, 5.41) is 0. The molecule has 0 aliphatic carbocycles. The van der Waals surface area contributed by atoms with Crippen molar-refractivity contribution >= 4 is 9.76 Å². The van der Waals surface area contributed by atoms with Gasteiger partial charge in [-0.1, -0.05) is 6.07 Å². The van der Waals surface area contributed by atoms with E-state index in [-0.39, 0.29) is 9.76 Å². The lowest BCUT2D eigenvalue weighted by Gasteiger charge is -2.16. The van der Waals surface area contributed by atoms with Gasteiger partial charge in [0.15, 0.2) is 0 Å². The minimum atomic E-state index is -0.661. The van der Waals surface area contributed by atoms with Crippen LogP contribution in [0.5, 0.6) is 0 Å². The molecule has 0 bridgehead atoms. The summed E-state index contributed by atoms with van der Waals surface area (Å²) in [4.78, 5) is 0. The van der Waals surface area contributed by atoms with E-state index in [9.17, 15) is 8.78 Å². The van der Waals surface area contributed by atoms with Crippen molar-refractivity contribution in [1.29, 1.82) is 0 Å². The highest BCUT2D eigenvalue weighted by Gasteiger charge is 2.09. The molecule has 0 aliphatic heterocycles.